The molecular formula is C23H35N7O7S. The Labute approximate surface area is 225 Å². The van der Waals surface area contributed by atoms with Crippen molar-refractivity contribution >= 4 is 48.2 Å². The molecule has 0 bridgehead atoms. The SMILES string of the molecule is NC(N)=NCCCC(NC(=O)C(Cc1ccccc1)NC(=O)C(CCC(=O)O)NC(=O)C(N)CS)C(=O)O. The summed E-state index contributed by atoms with van der Waals surface area (Å²) in [5, 5.41) is 25.9. The monoisotopic (exact) mass is 553 g/mol. The van der Waals surface area contributed by atoms with E-state index in [1.54, 1.807) is 30.3 Å². The second kappa shape index (κ2) is 16.8. The van der Waals surface area contributed by atoms with Crippen LogP contribution in [0.25, 0.3) is 0 Å². The summed E-state index contributed by atoms with van der Waals surface area (Å²) in [5.41, 5.74) is 16.8. The molecule has 210 valence electrons. The predicted molar refractivity (Wildman–Crippen MR) is 142 cm³/mol. The third-order valence-corrected chi connectivity index (χ3v) is 5.68. The summed E-state index contributed by atoms with van der Waals surface area (Å²) in [6.45, 7) is 0.158. The molecule has 0 fully saturated rings. The van der Waals surface area contributed by atoms with E-state index in [0.717, 1.165) is 0 Å². The number of hydrogen-bond donors (Lipinski definition) is 9. The van der Waals surface area contributed by atoms with E-state index in [0.29, 0.717) is 5.56 Å². The summed E-state index contributed by atoms with van der Waals surface area (Å²) in [7, 11) is 0. The zero-order valence-corrected chi connectivity index (χ0v) is 21.6. The van der Waals surface area contributed by atoms with Gasteiger partial charge in [0.1, 0.15) is 18.1 Å². The summed E-state index contributed by atoms with van der Waals surface area (Å²) in [6, 6.07) is 3.75. The Morgan fingerprint density at radius 1 is 0.868 bits per heavy atom. The number of nitrogens with two attached hydrogens (primary N) is 3. The van der Waals surface area contributed by atoms with Gasteiger partial charge in [-0.25, -0.2) is 4.79 Å². The molecule has 14 nitrogen and oxygen atoms in total. The molecule has 4 unspecified atom stereocenters. The van der Waals surface area contributed by atoms with Crippen molar-refractivity contribution in [2.75, 3.05) is 12.3 Å². The van der Waals surface area contributed by atoms with Crippen molar-refractivity contribution in [2.24, 2.45) is 22.2 Å². The maximum atomic E-state index is 13.1. The number of thiol groups is 1. The molecule has 0 saturated carbocycles. The molecule has 0 spiro atoms. The third-order valence-electron chi connectivity index (χ3n) is 5.29. The molecule has 11 N–H and O–H groups in total. The number of aliphatic carboxylic acids is 2. The van der Waals surface area contributed by atoms with Crippen molar-refractivity contribution in [3.05, 3.63) is 35.9 Å². The van der Waals surface area contributed by atoms with Crippen LogP contribution in [0.3, 0.4) is 0 Å². The van der Waals surface area contributed by atoms with E-state index < -0.39 is 60.2 Å². The average Bonchev–Trinajstić information content (AvgIpc) is 2.87. The summed E-state index contributed by atoms with van der Waals surface area (Å²) >= 11 is 3.94. The topological polar surface area (TPSA) is 252 Å². The highest BCUT2D eigenvalue weighted by Crippen LogP contribution is 2.08. The van der Waals surface area contributed by atoms with Crippen LogP contribution in [0.1, 0.15) is 31.2 Å². The van der Waals surface area contributed by atoms with Gasteiger partial charge in [0.15, 0.2) is 5.96 Å². The standard InChI is InChI=1S/C23H35N7O7S/c24-14(12-38)19(33)28-15(8-9-18(31)32)20(34)30-17(11-13-5-2-1-3-6-13)21(35)29-16(22(36)37)7-4-10-27-23(25)26/h1-3,5-6,14-17,38H,4,7-12,24H2,(H,28,33)(H,29,35)(H,30,34)(H,31,32)(H,36,37)(H4,25,26,27). The maximum absolute atomic E-state index is 13.1. The summed E-state index contributed by atoms with van der Waals surface area (Å²) in [5.74, 6) is -4.99. The predicted octanol–water partition coefficient (Wildman–Crippen LogP) is -2.06. The van der Waals surface area contributed by atoms with Crippen LogP contribution in [-0.4, -0.2) is 82.3 Å². The molecular weight excluding hydrogens is 518 g/mol. The summed E-state index contributed by atoms with van der Waals surface area (Å²) < 4.78 is 0. The van der Waals surface area contributed by atoms with Gasteiger partial charge in [0.25, 0.3) is 0 Å². The molecule has 0 radical (unpaired) electrons. The lowest BCUT2D eigenvalue weighted by Crippen LogP contribution is -2.57. The molecule has 3 amide bonds. The van der Waals surface area contributed by atoms with E-state index in [1.807, 2.05) is 0 Å². The minimum absolute atomic E-state index is 0.00545. The van der Waals surface area contributed by atoms with Crippen molar-refractivity contribution in [3.8, 4) is 0 Å². The Morgan fingerprint density at radius 3 is 2.00 bits per heavy atom. The van der Waals surface area contributed by atoms with Crippen LogP contribution < -0.4 is 33.2 Å². The van der Waals surface area contributed by atoms with Gasteiger partial charge >= 0.3 is 11.9 Å². The molecule has 1 aromatic carbocycles. The molecule has 4 atom stereocenters. The lowest BCUT2D eigenvalue weighted by molar-refractivity contribution is -0.142. The highest BCUT2D eigenvalue weighted by atomic mass is 32.1. The van der Waals surface area contributed by atoms with E-state index in [-0.39, 0.29) is 43.9 Å². The third kappa shape index (κ3) is 12.4. The Bertz CT molecular complexity index is 990. The Kier molecular flexibility index (Phi) is 14.2. The van der Waals surface area contributed by atoms with Crippen LogP contribution in [0.15, 0.2) is 35.3 Å². The quantitative estimate of drug-likeness (QED) is 0.0441. The first-order valence-electron chi connectivity index (χ1n) is 11.8. The van der Waals surface area contributed by atoms with Crippen LogP contribution in [0.2, 0.25) is 0 Å². The van der Waals surface area contributed by atoms with Gasteiger partial charge in [-0.05, 0) is 24.8 Å². The number of carbonyl (C=O) groups excluding carboxylic acids is 3. The van der Waals surface area contributed by atoms with Gasteiger partial charge in [-0.1, -0.05) is 30.3 Å². The van der Waals surface area contributed by atoms with Gasteiger partial charge in [-0.2, -0.15) is 12.6 Å². The molecule has 1 aromatic rings. The number of carboxylic acids is 2. The number of benzene rings is 1. The number of carboxylic acid groups (broad SMARTS) is 2. The second-order valence-electron chi connectivity index (χ2n) is 8.38. The lowest BCUT2D eigenvalue weighted by atomic mass is 10.0. The number of nitrogens with one attached hydrogen (secondary N) is 3. The molecule has 1 rings (SSSR count). The molecule has 0 heterocycles. The number of amides is 3. The highest BCUT2D eigenvalue weighted by molar-refractivity contribution is 7.80. The van der Waals surface area contributed by atoms with Gasteiger partial charge in [0.2, 0.25) is 17.7 Å². The van der Waals surface area contributed by atoms with Gasteiger partial charge in [0.05, 0.1) is 6.04 Å². The number of guanidine groups is 1. The van der Waals surface area contributed by atoms with Crippen LogP contribution in [0, 0.1) is 0 Å². The molecule has 0 aliphatic carbocycles. The first kappa shape index (κ1) is 32.2. The maximum Gasteiger partial charge on any atom is 0.326 e. The number of aliphatic imine (C=N–C) groups is 1. The summed E-state index contributed by atoms with van der Waals surface area (Å²) in [4.78, 5) is 65.1. The molecule has 0 saturated heterocycles. The zero-order chi connectivity index (χ0) is 28.7. The number of hydrogen-bond acceptors (Lipinski definition) is 8. The average molecular weight is 554 g/mol. The zero-order valence-electron chi connectivity index (χ0n) is 20.7. The van der Waals surface area contributed by atoms with E-state index in [1.165, 1.54) is 0 Å². The fourth-order valence-electron chi connectivity index (χ4n) is 3.26. The first-order chi connectivity index (χ1) is 17.9. The van der Waals surface area contributed by atoms with Crippen molar-refractivity contribution in [1.29, 1.82) is 0 Å². The largest absolute Gasteiger partial charge is 0.481 e. The number of rotatable bonds is 17. The van der Waals surface area contributed by atoms with Crippen molar-refractivity contribution in [3.63, 3.8) is 0 Å². The highest BCUT2D eigenvalue weighted by Gasteiger charge is 2.30. The summed E-state index contributed by atoms with van der Waals surface area (Å²) in [6.07, 6.45) is -0.438. The van der Waals surface area contributed by atoms with E-state index in [4.69, 9.17) is 22.3 Å². The Balaban J connectivity index is 3.10. The van der Waals surface area contributed by atoms with Crippen molar-refractivity contribution in [2.45, 2.75) is 56.3 Å². The number of nitrogens with zero attached hydrogens (tertiary/aromatic N) is 1. The van der Waals surface area contributed by atoms with Crippen LogP contribution in [0.4, 0.5) is 0 Å². The lowest BCUT2D eigenvalue weighted by Gasteiger charge is -2.25. The van der Waals surface area contributed by atoms with Gasteiger partial charge < -0.3 is 43.4 Å². The van der Waals surface area contributed by atoms with Gasteiger partial charge in [-0.15, -0.1) is 0 Å². The Hall–Kier alpha value is -3.85. The van der Waals surface area contributed by atoms with Gasteiger partial charge in [0, 0.05) is 25.1 Å². The molecule has 0 aliphatic rings. The van der Waals surface area contributed by atoms with Crippen LogP contribution in [-0.2, 0) is 30.4 Å². The fourth-order valence-corrected chi connectivity index (χ4v) is 3.43. The van der Waals surface area contributed by atoms with Crippen molar-refractivity contribution in [1.82, 2.24) is 16.0 Å². The van der Waals surface area contributed by atoms with Crippen LogP contribution in [0.5, 0.6) is 0 Å². The normalized spacial score (nSPS) is 13.7. The molecule has 38 heavy (non-hydrogen) atoms. The van der Waals surface area contributed by atoms with E-state index >= 15 is 0 Å². The minimum Gasteiger partial charge on any atom is -0.481 e. The molecule has 0 aromatic heterocycles. The van der Waals surface area contributed by atoms with E-state index in [2.05, 4.69) is 33.6 Å². The second-order valence-corrected chi connectivity index (χ2v) is 8.75. The number of carbonyl (C=O) groups is 5. The minimum atomic E-state index is -1.31. The molecule has 0 aliphatic heterocycles. The van der Waals surface area contributed by atoms with E-state index in [9.17, 15) is 29.1 Å². The van der Waals surface area contributed by atoms with Gasteiger partial charge in [-0.3, -0.25) is 24.2 Å². The fraction of sp³-hybridized carbons (Fsp3) is 0.478. The molecule has 15 heteroatoms. The Morgan fingerprint density at radius 2 is 1.45 bits per heavy atom. The van der Waals surface area contributed by atoms with Crippen LogP contribution >= 0.6 is 12.6 Å². The first-order valence-corrected chi connectivity index (χ1v) is 12.4. The smallest absolute Gasteiger partial charge is 0.326 e. The van der Waals surface area contributed by atoms with Crippen molar-refractivity contribution < 1.29 is 34.2 Å².